The van der Waals surface area contributed by atoms with Crippen LogP contribution < -0.4 is 5.73 Å². The summed E-state index contributed by atoms with van der Waals surface area (Å²) in [5.41, 5.74) is 5.97. The van der Waals surface area contributed by atoms with E-state index in [1.165, 1.54) is 25.0 Å². The van der Waals surface area contributed by atoms with E-state index < -0.39 is 9.84 Å². The first-order chi connectivity index (χ1) is 8.49. The molecule has 100 valence electrons. The molecule has 0 aliphatic heterocycles. The molecule has 1 aromatic carbocycles. The fraction of sp³-hybridized carbons (Fsp3) is 0.538. The summed E-state index contributed by atoms with van der Waals surface area (Å²) in [4.78, 5) is 0.213. The first-order valence-electron chi connectivity index (χ1n) is 6.27. The van der Waals surface area contributed by atoms with Gasteiger partial charge in [-0.1, -0.05) is 37.3 Å². The number of halogens is 1. The van der Waals surface area contributed by atoms with Crippen molar-refractivity contribution in [2.45, 2.75) is 37.0 Å². The maximum Gasteiger partial charge on any atom is 0.180 e. The van der Waals surface area contributed by atoms with Crippen LogP contribution in [-0.2, 0) is 9.84 Å². The molecule has 0 bridgehead atoms. The summed E-state index contributed by atoms with van der Waals surface area (Å²) in [5, 5.41) is 0.460. The molecule has 3 nitrogen and oxygen atoms in total. The van der Waals surface area contributed by atoms with Crippen LogP contribution in [0.5, 0.6) is 0 Å². The monoisotopic (exact) mass is 287 g/mol. The van der Waals surface area contributed by atoms with Crippen molar-refractivity contribution in [1.29, 1.82) is 0 Å². The van der Waals surface area contributed by atoms with Gasteiger partial charge in [0.25, 0.3) is 0 Å². The Morgan fingerprint density at radius 3 is 2.56 bits per heavy atom. The maximum atomic E-state index is 12.2. The lowest BCUT2D eigenvalue weighted by Gasteiger charge is -2.11. The predicted molar refractivity (Wildman–Crippen MR) is 74.5 cm³/mol. The Kier molecular flexibility index (Phi) is 4.17. The van der Waals surface area contributed by atoms with Crippen LogP contribution in [-0.4, -0.2) is 14.2 Å². The molecule has 1 aliphatic rings. The Balaban J connectivity index is 2.09. The van der Waals surface area contributed by atoms with Gasteiger partial charge in [-0.25, -0.2) is 8.42 Å². The number of nitrogen functional groups attached to an aromatic ring is 1. The zero-order valence-corrected chi connectivity index (χ0v) is 11.8. The lowest BCUT2D eigenvalue weighted by atomic mass is 10.1. The molecule has 2 rings (SSSR count). The first-order valence-corrected chi connectivity index (χ1v) is 8.30. The minimum atomic E-state index is -3.28. The van der Waals surface area contributed by atoms with Crippen LogP contribution in [0.25, 0.3) is 0 Å². The van der Waals surface area contributed by atoms with E-state index in [-0.39, 0.29) is 16.3 Å². The summed E-state index contributed by atoms with van der Waals surface area (Å²) in [6.07, 6.45) is 5.52. The van der Waals surface area contributed by atoms with E-state index in [1.54, 1.807) is 6.07 Å². The van der Waals surface area contributed by atoms with Crippen molar-refractivity contribution in [1.82, 2.24) is 0 Å². The third kappa shape index (κ3) is 3.18. The van der Waals surface area contributed by atoms with E-state index in [1.807, 2.05) is 0 Å². The SMILES string of the molecule is Nc1cc(Cl)ccc1S(=O)(=O)CCC1CCCC1. The second-order valence-electron chi connectivity index (χ2n) is 4.94. The summed E-state index contributed by atoms with van der Waals surface area (Å²) in [6.45, 7) is 0. The Bertz CT molecular complexity index is 522. The average Bonchev–Trinajstić information content (AvgIpc) is 2.78. The number of anilines is 1. The molecule has 0 spiro atoms. The van der Waals surface area contributed by atoms with Gasteiger partial charge in [0.15, 0.2) is 9.84 Å². The highest BCUT2D eigenvalue weighted by atomic mass is 35.5. The van der Waals surface area contributed by atoms with Crippen LogP contribution in [0.4, 0.5) is 5.69 Å². The van der Waals surface area contributed by atoms with Crippen LogP contribution in [0.3, 0.4) is 0 Å². The summed E-state index contributed by atoms with van der Waals surface area (Å²) in [6, 6.07) is 4.56. The summed E-state index contributed by atoms with van der Waals surface area (Å²) in [7, 11) is -3.28. The maximum absolute atomic E-state index is 12.2. The molecule has 0 amide bonds. The number of rotatable bonds is 4. The molecule has 0 atom stereocenters. The fourth-order valence-electron chi connectivity index (χ4n) is 2.53. The van der Waals surface area contributed by atoms with Crippen molar-refractivity contribution in [3.8, 4) is 0 Å². The van der Waals surface area contributed by atoms with Gasteiger partial charge in [-0.3, -0.25) is 0 Å². The van der Waals surface area contributed by atoms with Crippen LogP contribution in [0.15, 0.2) is 23.1 Å². The standard InChI is InChI=1S/C13H18ClNO2S/c14-11-5-6-13(12(15)9-11)18(16,17)8-7-10-3-1-2-4-10/h5-6,9-10H,1-4,7-8,15H2. The van der Waals surface area contributed by atoms with E-state index >= 15 is 0 Å². The zero-order valence-electron chi connectivity index (χ0n) is 10.2. The topological polar surface area (TPSA) is 60.2 Å². The Morgan fingerprint density at radius 2 is 1.94 bits per heavy atom. The molecule has 5 heteroatoms. The van der Waals surface area contributed by atoms with E-state index in [0.29, 0.717) is 10.9 Å². The largest absolute Gasteiger partial charge is 0.398 e. The third-order valence-electron chi connectivity index (χ3n) is 3.58. The van der Waals surface area contributed by atoms with Gasteiger partial charge in [0.2, 0.25) is 0 Å². The van der Waals surface area contributed by atoms with Gasteiger partial charge in [0, 0.05) is 5.02 Å². The molecule has 0 aromatic heterocycles. The van der Waals surface area contributed by atoms with E-state index in [9.17, 15) is 8.42 Å². The molecule has 0 saturated heterocycles. The molecular weight excluding hydrogens is 270 g/mol. The Labute approximate surface area is 113 Å². The molecule has 0 radical (unpaired) electrons. The van der Waals surface area contributed by atoms with Crippen LogP contribution in [0.2, 0.25) is 5.02 Å². The first kappa shape index (κ1) is 13.7. The second-order valence-corrected chi connectivity index (χ2v) is 7.45. The smallest absolute Gasteiger partial charge is 0.180 e. The molecular formula is C13H18ClNO2S. The van der Waals surface area contributed by atoms with Crippen molar-refractivity contribution in [2.75, 3.05) is 11.5 Å². The van der Waals surface area contributed by atoms with Crippen molar-refractivity contribution < 1.29 is 8.42 Å². The second kappa shape index (κ2) is 5.49. The van der Waals surface area contributed by atoms with Crippen molar-refractivity contribution in [2.24, 2.45) is 5.92 Å². The predicted octanol–water partition coefficient (Wildman–Crippen LogP) is 3.28. The molecule has 18 heavy (non-hydrogen) atoms. The van der Waals surface area contributed by atoms with Crippen molar-refractivity contribution in [3.05, 3.63) is 23.2 Å². The van der Waals surface area contributed by atoms with Gasteiger partial charge < -0.3 is 5.73 Å². The minimum Gasteiger partial charge on any atom is -0.398 e. The molecule has 1 saturated carbocycles. The van der Waals surface area contributed by atoms with E-state index in [4.69, 9.17) is 17.3 Å². The summed E-state index contributed by atoms with van der Waals surface area (Å²) in [5.74, 6) is 0.747. The minimum absolute atomic E-state index is 0.184. The summed E-state index contributed by atoms with van der Waals surface area (Å²) >= 11 is 5.77. The highest BCUT2D eigenvalue weighted by Crippen LogP contribution is 2.30. The van der Waals surface area contributed by atoms with Gasteiger partial charge in [0.1, 0.15) is 0 Å². The zero-order chi connectivity index (χ0) is 13.2. The molecule has 1 aliphatic carbocycles. The van der Waals surface area contributed by atoms with Gasteiger partial charge in [-0.05, 0) is 30.5 Å². The molecule has 0 heterocycles. The van der Waals surface area contributed by atoms with E-state index in [2.05, 4.69) is 0 Å². The van der Waals surface area contributed by atoms with Gasteiger partial charge in [-0.15, -0.1) is 0 Å². The number of hydrogen-bond acceptors (Lipinski definition) is 3. The molecule has 2 N–H and O–H groups in total. The number of benzene rings is 1. The highest BCUT2D eigenvalue weighted by molar-refractivity contribution is 7.91. The highest BCUT2D eigenvalue weighted by Gasteiger charge is 2.22. The van der Waals surface area contributed by atoms with Gasteiger partial charge in [-0.2, -0.15) is 0 Å². The van der Waals surface area contributed by atoms with Crippen LogP contribution in [0.1, 0.15) is 32.1 Å². The molecule has 1 aromatic rings. The quantitative estimate of drug-likeness (QED) is 0.865. The van der Waals surface area contributed by atoms with Crippen LogP contribution in [0, 0.1) is 5.92 Å². The average molecular weight is 288 g/mol. The molecule has 0 unspecified atom stereocenters. The van der Waals surface area contributed by atoms with Crippen LogP contribution >= 0.6 is 11.6 Å². The van der Waals surface area contributed by atoms with Crippen molar-refractivity contribution >= 4 is 27.1 Å². The number of nitrogens with two attached hydrogens (primary N) is 1. The fourth-order valence-corrected chi connectivity index (χ4v) is 4.27. The lowest BCUT2D eigenvalue weighted by molar-refractivity contribution is 0.521. The Hall–Kier alpha value is -0.740. The normalized spacial score (nSPS) is 17.2. The Morgan fingerprint density at radius 1 is 1.28 bits per heavy atom. The van der Waals surface area contributed by atoms with Crippen molar-refractivity contribution in [3.63, 3.8) is 0 Å². The van der Waals surface area contributed by atoms with Gasteiger partial charge >= 0.3 is 0 Å². The molecule has 1 fully saturated rings. The van der Waals surface area contributed by atoms with Gasteiger partial charge in [0.05, 0.1) is 16.3 Å². The summed E-state index contributed by atoms with van der Waals surface area (Å²) < 4.78 is 24.4. The third-order valence-corrected chi connectivity index (χ3v) is 5.63. The lowest BCUT2D eigenvalue weighted by Crippen LogP contribution is -2.12. The number of hydrogen-bond donors (Lipinski definition) is 1. The van der Waals surface area contributed by atoms with E-state index in [0.717, 1.165) is 19.3 Å². The number of sulfone groups is 1.